The zero-order valence-corrected chi connectivity index (χ0v) is 32.6. The number of carbonyl (C=O) groups is 3. The monoisotopic (exact) mass is 876 g/mol. The molecular formula is C38H52O23. The molecule has 61 heavy (non-hydrogen) atoms. The maximum atomic E-state index is 14.0. The van der Waals surface area contributed by atoms with Crippen molar-refractivity contribution in [1.29, 1.82) is 0 Å². The number of aliphatic hydroxyl groups is 11. The van der Waals surface area contributed by atoms with E-state index in [4.69, 9.17) is 42.6 Å². The van der Waals surface area contributed by atoms with Gasteiger partial charge in [0.15, 0.2) is 24.3 Å². The van der Waals surface area contributed by atoms with Crippen LogP contribution in [-0.2, 0) is 52.2 Å². The summed E-state index contributed by atoms with van der Waals surface area (Å²) in [7, 11) is 0. The Kier molecular flexibility index (Phi) is 13.8. The van der Waals surface area contributed by atoms with E-state index < -0.39 is 178 Å². The Bertz CT molecular complexity index is 1700. The minimum Gasteiger partial charge on any atom is -0.458 e. The molecule has 23 heteroatoms. The fourth-order valence-corrected chi connectivity index (χ4v) is 8.52. The number of benzene rings is 1. The summed E-state index contributed by atoms with van der Waals surface area (Å²) >= 11 is 0. The molecule has 7 rings (SSSR count). The van der Waals surface area contributed by atoms with Gasteiger partial charge in [-0.25, -0.2) is 4.79 Å². The highest BCUT2D eigenvalue weighted by atomic mass is 16.8. The molecule has 1 aromatic carbocycles. The van der Waals surface area contributed by atoms with Gasteiger partial charge < -0.3 is 98.8 Å². The number of rotatable bonds is 10. The fraction of sp³-hybridized carbons (Fsp3) is 0.763. The predicted octanol–water partition coefficient (Wildman–Crippen LogP) is -5.93. The van der Waals surface area contributed by atoms with Gasteiger partial charge in [0.2, 0.25) is 17.9 Å². The lowest BCUT2D eigenvalue weighted by Gasteiger charge is -2.48. The second kappa shape index (κ2) is 18.3. The summed E-state index contributed by atoms with van der Waals surface area (Å²) < 4.78 is 51.2. The summed E-state index contributed by atoms with van der Waals surface area (Å²) in [5.41, 5.74) is -2.33. The van der Waals surface area contributed by atoms with Crippen molar-refractivity contribution in [3.63, 3.8) is 0 Å². The highest BCUT2D eigenvalue weighted by Crippen LogP contribution is 2.50. The van der Waals surface area contributed by atoms with Gasteiger partial charge in [0.05, 0.1) is 44.0 Å². The molecule has 5 aliphatic heterocycles. The van der Waals surface area contributed by atoms with Gasteiger partial charge in [-0.15, -0.1) is 0 Å². The lowest BCUT2D eigenvalue weighted by molar-refractivity contribution is -0.386. The minimum atomic E-state index is -2.58. The van der Waals surface area contributed by atoms with Crippen molar-refractivity contribution in [3.8, 4) is 0 Å². The molecule has 1 saturated carbocycles. The van der Waals surface area contributed by atoms with Gasteiger partial charge in [0, 0.05) is 12.3 Å². The number of hydrogen-bond acceptors (Lipinski definition) is 23. The van der Waals surface area contributed by atoms with Crippen LogP contribution in [-0.4, -0.2) is 216 Å². The lowest BCUT2D eigenvalue weighted by atomic mass is 9.72. The van der Waals surface area contributed by atoms with Crippen LogP contribution in [0.1, 0.15) is 36.5 Å². The number of hydrogen-bond donors (Lipinski definition) is 11. The third-order valence-corrected chi connectivity index (χ3v) is 12.3. The number of Topliss-reactive ketones (excluding diaryl/α,β-unsaturated/α-hetero) is 1. The zero-order valence-electron chi connectivity index (χ0n) is 32.6. The van der Waals surface area contributed by atoms with Crippen LogP contribution >= 0.6 is 0 Å². The molecule has 11 N–H and O–H groups in total. The first-order valence-corrected chi connectivity index (χ1v) is 19.9. The third-order valence-electron chi connectivity index (χ3n) is 12.3. The van der Waals surface area contributed by atoms with Crippen molar-refractivity contribution in [1.82, 2.24) is 0 Å². The van der Waals surface area contributed by atoms with E-state index in [9.17, 15) is 70.6 Å². The summed E-state index contributed by atoms with van der Waals surface area (Å²) in [4.78, 5) is 40.8. The van der Waals surface area contributed by atoms with Crippen LogP contribution in [0.4, 0.5) is 0 Å². The summed E-state index contributed by atoms with van der Waals surface area (Å²) in [5.74, 6) is -6.84. The molecule has 5 saturated heterocycles. The van der Waals surface area contributed by atoms with Gasteiger partial charge in [-0.2, -0.15) is 0 Å². The van der Waals surface area contributed by atoms with E-state index in [0.717, 1.165) is 0 Å². The molecule has 5 heterocycles. The largest absolute Gasteiger partial charge is 0.458 e. The first-order valence-electron chi connectivity index (χ1n) is 19.9. The predicted molar refractivity (Wildman–Crippen MR) is 191 cm³/mol. The standard InChI is InChI=1S/C38H52O23/c1-14-12-54-37(9-18(14)55-31(49)15-5-3-2-4-6-15)36(51)38(52)21(42)7-16(8-22(38)61-37)32(50)60-35-30(27(47)25(45)20(11-40)57-35)59-34-29(26(46)24(44)19(10-39)56-34)58-33-28(48)23(43)17(41)13-53-33/h2-6,14,16-30,33-35,39-48,52H,7-13H2,1H3. The number of esters is 2. The Morgan fingerprint density at radius 1 is 0.754 bits per heavy atom. The number of ketones is 1. The average molecular weight is 877 g/mol. The number of aliphatic hydroxyl groups excluding tert-OH is 10. The first-order chi connectivity index (χ1) is 28.9. The Labute approximate surface area is 346 Å². The van der Waals surface area contributed by atoms with Gasteiger partial charge in [-0.1, -0.05) is 25.1 Å². The van der Waals surface area contributed by atoms with E-state index in [1.54, 1.807) is 37.3 Å². The minimum absolute atomic E-state index is 0.144. The highest BCUT2D eigenvalue weighted by Gasteiger charge is 2.71. The topological polar surface area (TPSA) is 357 Å². The second-order valence-electron chi connectivity index (χ2n) is 16.3. The van der Waals surface area contributed by atoms with E-state index in [1.807, 2.05) is 0 Å². The normalized spacial score (nSPS) is 47.7. The van der Waals surface area contributed by atoms with E-state index >= 15 is 0 Å². The van der Waals surface area contributed by atoms with Crippen molar-refractivity contribution in [2.24, 2.45) is 11.8 Å². The van der Waals surface area contributed by atoms with Gasteiger partial charge in [0.25, 0.3) is 0 Å². The van der Waals surface area contributed by atoms with Crippen LogP contribution in [0.15, 0.2) is 30.3 Å². The van der Waals surface area contributed by atoms with Gasteiger partial charge >= 0.3 is 11.9 Å². The fourth-order valence-electron chi connectivity index (χ4n) is 8.52. The van der Waals surface area contributed by atoms with Crippen molar-refractivity contribution < 1.29 is 113 Å². The molecule has 1 spiro atoms. The Balaban J connectivity index is 1.08. The molecule has 0 bridgehead atoms. The van der Waals surface area contributed by atoms with Crippen molar-refractivity contribution in [3.05, 3.63) is 35.9 Å². The Morgan fingerprint density at radius 2 is 1.36 bits per heavy atom. The number of fused-ring (bicyclic) bond motifs is 1. The molecular weight excluding hydrogens is 824 g/mol. The molecule has 6 fully saturated rings. The molecule has 0 amide bonds. The van der Waals surface area contributed by atoms with Crippen molar-refractivity contribution in [2.45, 2.75) is 142 Å². The summed E-state index contributed by atoms with van der Waals surface area (Å²) in [5, 5.41) is 117. The molecule has 21 unspecified atom stereocenters. The first kappa shape index (κ1) is 46.1. The zero-order chi connectivity index (χ0) is 44.1. The van der Waals surface area contributed by atoms with Crippen LogP contribution in [0.3, 0.4) is 0 Å². The average Bonchev–Trinajstić information content (AvgIpc) is 3.46. The van der Waals surface area contributed by atoms with Crippen LogP contribution < -0.4 is 0 Å². The highest BCUT2D eigenvalue weighted by molar-refractivity contribution is 5.97. The third kappa shape index (κ3) is 8.59. The quantitative estimate of drug-likeness (QED) is 0.0975. The summed E-state index contributed by atoms with van der Waals surface area (Å²) in [6, 6.07) is 8.09. The molecule has 342 valence electrons. The van der Waals surface area contributed by atoms with E-state index in [0.29, 0.717) is 0 Å². The number of carbonyl (C=O) groups excluding carboxylic acids is 3. The van der Waals surface area contributed by atoms with Crippen LogP contribution in [0.25, 0.3) is 0 Å². The molecule has 0 aromatic heterocycles. The molecule has 6 aliphatic rings. The van der Waals surface area contributed by atoms with Crippen LogP contribution in [0.2, 0.25) is 0 Å². The summed E-state index contributed by atoms with van der Waals surface area (Å²) in [6.07, 6.45) is -31.6. The Hall–Kier alpha value is -2.89. The molecule has 1 aliphatic carbocycles. The second-order valence-corrected chi connectivity index (χ2v) is 16.3. The molecule has 21 atom stereocenters. The van der Waals surface area contributed by atoms with Gasteiger partial charge in [-0.3, -0.25) is 9.59 Å². The van der Waals surface area contributed by atoms with Crippen molar-refractivity contribution >= 4 is 17.7 Å². The SMILES string of the molecule is CC1COC2(CC1OC(=O)c1ccccc1)OC1CC(C(=O)OC3OC(CO)C(O)C(O)C3OC3OC(CO)C(O)C(O)C3OC3OCC(O)C(O)C3O)CC(O)C1(O)C2=O. The maximum absolute atomic E-state index is 14.0. The van der Waals surface area contributed by atoms with Gasteiger partial charge in [0.1, 0.15) is 73.2 Å². The number of ether oxygens (including phenoxy) is 9. The van der Waals surface area contributed by atoms with Crippen LogP contribution in [0, 0.1) is 11.8 Å². The molecule has 0 radical (unpaired) electrons. The maximum Gasteiger partial charge on any atom is 0.338 e. The van der Waals surface area contributed by atoms with Crippen molar-refractivity contribution in [2.75, 3.05) is 26.4 Å². The Morgan fingerprint density at radius 3 is 2.00 bits per heavy atom. The van der Waals surface area contributed by atoms with E-state index in [2.05, 4.69) is 0 Å². The molecule has 23 nitrogen and oxygen atoms in total. The van der Waals surface area contributed by atoms with Gasteiger partial charge in [-0.05, 0) is 25.0 Å². The van der Waals surface area contributed by atoms with Crippen LogP contribution in [0.5, 0.6) is 0 Å². The smallest absolute Gasteiger partial charge is 0.338 e. The molecule has 1 aromatic rings. The van der Waals surface area contributed by atoms with E-state index in [1.165, 1.54) is 0 Å². The summed E-state index contributed by atoms with van der Waals surface area (Å²) in [6.45, 7) is -0.775. The van der Waals surface area contributed by atoms with E-state index in [-0.39, 0.29) is 18.6 Å². The lowest BCUT2D eigenvalue weighted by Crippen LogP contribution is -2.66.